The van der Waals surface area contributed by atoms with Crippen molar-refractivity contribution in [3.8, 4) is 0 Å². The van der Waals surface area contributed by atoms with Crippen molar-refractivity contribution in [2.45, 2.75) is 90.0 Å². The number of alkyl halides is 1. The average Bonchev–Trinajstić information content (AvgIpc) is 2.66. The van der Waals surface area contributed by atoms with Gasteiger partial charge in [0.25, 0.3) is 0 Å². The number of nitrogens with zero attached hydrogens (tertiary/aromatic N) is 1. The molecule has 114 valence electrons. The molecule has 0 aromatic heterocycles. The quantitative estimate of drug-likeness (QED) is 0.363. The molecule has 0 N–H and O–H groups in total. The largest absolute Gasteiger partial charge is 0.300 e. The van der Waals surface area contributed by atoms with Gasteiger partial charge in [0.05, 0.1) is 0 Å². The van der Waals surface area contributed by atoms with Crippen molar-refractivity contribution in [1.82, 2.24) is 4.90 Å². The summed E-state index contributed by atoms with van der Waals surface area (Å²) in [6, 6.07) is 0.812. The zero-order chi connectivity index (χ0) is 13.8. The van der Waals surface area contributed by atoms with E-state index < -0.39 is 0 Å². The molecule has 0 radical (unpaired) electrons. The Bertz CT molecular complexity index is 196. The first kappa shape index (κ1) is 17.5. The van der Waals surface area contributed by atoms with Crippen molar-refractivity contribution >= 4 is 15.9 Å². The highest BCUT2D eigenvalue weighted by Crippen LogP contribution is 2.19. The van der Waals surface area contributed by atoms with Gasteiger partial charge in [-0.05, 0) is 32.4 Å². The third-order valence-electron chi connectivity index (χ3n) is 4.48. The van der Waals surface area contributed by atoms with Crippen molar-refractivity contribution in [3.63, 3.8) is 0 Å². The fourth-order valence-corrected chi connectivity index (χ4v) is 3.89. The predicted molar refractivity (Wildman–Crippen MR) is 90.2 cm³/mol. The van der Waals surface area contributed by atoms with Crippen LogP contribution in [0.3, 0.4) is 0 Å². The van der Waals surface area contributed by atoms with Gasteiger partial charge in [-0.1, -0.05) is 80.6 Å². The summed E-state index contributed by atoms with van der Waals surface area (Å²) in [4.78, 5) is 2.75. The first-order valence-corrected chi connectivity index (χ1v) is 9.80. The summed E-state index contributed by atoms with van der Waals surface area (Å²) in [5.41, 5.74) is 0. The van der Waals surface area contributed by atoms with Gasteiger partial charge < -0.3 is 0 Å². The van der Waals surface area contributed by atoms with Crippen molar-refractivity contribution in [2.24, 2.45) is 0 Å². The summed E-state index contributed by atoms with van der Waals surface area (Å²) >= 11 is 3.70. The van der Waals surface area contributed by atoms with Crippen LogP contribution in [-0.2, 0) is 0 Å². The number of hydrogen-bond acceptors (Lipinski definition) is 1. The van der Waals surface area contributed by atoms with Crippen LogP contribution in [-0.4, -0.2) is 29.4 Å². The van der Waals surface area contributed by atoms with Crippen LogP contribution in [0.2, 0.25) is 0 Å². The Kier molecular flexibility index (Phi) is 11.2. The van der Waals surface area contributed by atoms with E-state index >= 15 is 0 Å². The third-order valence-corrected chi connectivity index (χ3v) is 5.22. The highest BCUT2D eigenvalue weighted by atomic mass is 79.9. The number of likely N-dealkylation sites (tertiary alicyclic amines) is 1. The summed E-state index contributed by atoms with van der Waals surface area (Å²) in [6.45, 7) is 4.97. The van der Waals surface area contributed by atoms with E-state index in [1.54, 1.807) is 0 Å². The molecule has 1 saturated heterocycles. The smallest absolute Gasteiger partial charge is 0.0192 e. The maximum Gasteiger partial charge on any atom is 0.0192 e. The van der Waals surface area contributed by atoms with Gasteiger partial charge in [-0.25, -0.2) is 0 Å². The monoisotopic (exact) mass is 331 g/mol. The molecule has 2 heteroatoms. The van der Waals surface area contributed by atoms with E-state index in [0.29, 0.717) is 0 Å². The minimum atomic E-state index is 0.812. The highest BCUT2D eigenvalue weighted by Gasteiger charge is 2.18. The van der Waals surface area contributed by atoms with E-state index in [-0.39, 0.29) is 0 Å². The summed E-state index contributed by atoms with van der Waals surface area (Å²) in [5, 5.41) is 1.17. The third kappa shape index (κ3) is 8.34. The Morgan fingerprint density at radius 1 is 0.895 bits per heavy atom. The number of hydrogen-bond donors (Lipinski definition) is 0. The lowest BCUT2D eigenvalue weighted by Gasteiger charge is -2.28. The van der Waals surface area contributed by atoms with Crippen LogP contribution in [0.25, 0.3) is 0 Å². The van der Waals surface area contributed by atoms with Crippen LogP contribution in [0.1, 0.15) is 84.0 Å². The Hall–Kier alpha value is 0.440. The van der Waals surface area contributed by atoms with Gasteiger partial charge in [-0.2, -0.15) is 0 Å². The minimum Gasteiger partial charge on any atom is -0.300 e. The van der Waals surface area contributed by atoms with Crippen LogP contribution in [0, 0.1) is 0 Å². The van der Waals surface area contributed by atoms with Gasteiger partial charge in [0, 0.05) is 11.4 Å². The highest BCUT2D eigenvalue weighted by molar-refractivity contribution is 9.09. The fraction of sp³-hybridized carbons (Fsp3) is 1.00. The molecule has 1 atom stereocenters. The van der Waals surface area contributed by atoms with Crippen LogP contribution in [0.15, 0.2) is 0 Å². The lowest BCUT2D eigenvalue weighted by Crippen LogP contribution is -2.36. The molecule has 0 spiro atoms. The molecule has 1 unspecified atom stereocenters. The van der Waals surface area contributed by atoms with Gasteiger partial charge in [0.15, 0.2) is 0 Å². The Morgan fingerprint density at radius 3 is 2.26 bits per heavy atom. The SMILES string of the molecule is CCCCCCCCCCN1CCCCCC1CBr. The summed E-state index contributed by atoms with van der Waals surface area (Å²) in [7, 11) is 0. The molecular formula is C17H34BrN. The molecule has 1 heterocycles. The van der Waals surface area contributed by atoms with Gasteiger partial charge in [0.2, 0.25) is 0 Å². The topological polar surface area (TPSA) is 3.24 Å². The standard InChI is InChI=1S/C17H34BrN/c1-2-3-4-5-6-7-8-11-14-19-15-12-9-10-13-17(19)16-18/h17H,2-16H2,1H3. The zero-order valence-corrected chi connectivity index (χ0v) is 14.6. The molecule has 0 amide bonds. The number of halogens is 1. The van der Waals surface area contributed by atoms with E-state index in [1.807, 2.05) is 0 Å². The Labute approximate surface area is 129 Å². The second-order valence-corrected chi connectivity index (χ2v) is 6.82. The van der Waals surface area contributed by atoms with E-state index in [0.717, 1.165) is 6.04 Å². The van der Waals surface area contributed by atoms with Crippen LogP contribution >= 0.6 is 15.9 Å². The molecule has 0 bridgehead atoms. The van der Waals surface area contributed by atoms with Gasteiger partial charge >= 0.3 is 0 Å². The van der Waals surface area contributed by atoms with Gasteiger partial charge in [-0.15, -0.1) is 0 Å². The molecule has 1 rings (SSSR count). The van der Waals surface area contributed by atoms with E-state index in [4.69, 9.17) is 0 Å². The second-order valence-electron chi connectivity index (χ2n) is 6.17. The van der Waals surface area contributed by atoms with E-state index in [1.165, 1.54) is 95.5 Å². The maximum absolute atomic E-state index is 3.70. The van der Waals surface area contributed by atoms with Crippen molar-refractivity contribution < 1.29 is 0 Å². The van der Waals surface area contributed by atoms with Crippen molar-refractivity contribution in [1.29, 1.82) is 0 Å². The molecule has 0 saturated carbocycles. The van der Waals surface area contributed by atoms with Crippen LogP contribution in [0.5, 0.6) is 0 Å². The fourth-order valence-electron chi connectivity index (χ4n) is 3.15. The summed E-state index contributed by atoms with van der Waals surface area (Å²) < 4.78 is 0. The van der Waals surface area contributed by atoms with Gasteiger partial charge in [-0.3, -0.25) is 4.90 Å². The van der Waals surface area contributed by atoms with Crippen molar-refractivity contribution in [2.75, 3.05) is 18.4 Å². The Morgan fingerprint density at radius 2 is 1.58 bits per heavy atom. The second kappa shape index (κ2) is 12.2. The molecule has 1 nitrogen and oxygen atoms in total. The normalized spacial score (nSPS) is 21.5. The van der Waals surface area contributed by atoms with Crippen LogP contribution < -0.4 is 0 Å². The maximum atomic E-state index is 3.70. The van der Waals surface area contributed by atoms with Crippen LogP contribution in [0.4, 0.5) is 0 Å². The predicted octanol–water partition coefficient (Wildman–Crippen LogP) is 5.77. The first-order valence-electron chi connectivity index (χ1n) is 8.68. The molecular weight excluding hydrogens is 298 g/mol. The number of unbranched alkanes of at least 4 members (excludes halogenated alkanes) is 7. The zero-order valence-electron chi connectivity index (χ0n) is 13.0. The lowest BCUT2D eigenvalue weighted by molar-refractivity contribution is 0.213. The Balaban J connectivity index is 2.00. The first-order chi connectivity index (χ1) is 9.38. The van der Waals surface area contributed by atoms with E-state index in [9.17, 15) is 0 Å². The molecule has 1 aliphatic heterocycles. The molecule has 19 heavy (non-hydrogen) atoms. The minimum absolute atomic E-state index is 0.812. The van der Waals surface area contributed by atoms with Gasteiger partial charge in [0.1, 0.15) is 0 Å². The average molecular weight is 332 g/mol. The lowest BCUT2D eigenvalue weighted by atomic mass is 10.1. The molecule has 0 aromatic carbocycles. The molecule has 0 aliphatic carbocycles. The summed E-state index contributed by atoms with van der Waals surface area (Å²) in [5.74, 6) is 0. The summed E-state index contributed by atoms with van der Waals surface area (Å²) in [6.07, 6.45) is 17.2. The molecule has 1 aliphatic rings. The molecule has 1 fully saturated rings. The van der Waals surface area contributed by atoms with Crippen molar-refractivity contribution in [3.05, 3.63) is 0 Å². The van der Waals surface area contributed by atoms with E-state index in [2.05, 4.69) is 27.8 Å². The molecule has 0 aromatic rings. The number of rotatable bonds is 10.